The van der Waals surface area contributed by atoms with Crippen molar-refractivity contribution in [3.05, 3.63) is 24.3 Å². The second-order valence-electron chi connectivity index (χ2n) is 2.35. The van der Waals surface area contributed by atoms with Crippen LogP contribution in [0.25, 0.3) is 11.4 Å². The van der Waals surface area contributed by atoms with Crippen molar-refractivity contribution in [1.29, 1.82) is 0 Å². The first kappa shape index (κ1) is 7.66. The predicted octanol–water partition coefficient (Wildman–Crippen LogP) is 0.853. The van der Waals surface area contributed by atoms with E-state index in [0.717, 1.165) is 6.20 Å². The Morgan fingerprint density at radius 1 is 1.38 bits per heavy atom. The SMILES string of the molecule is Nc1nc(-c2cncc(F)c2)no1. The van der Waals surface area contributed by atoms with Gasteiger partial charge < -0.3 is 10.3 Å². The molecule has 0 unspecified atom stereocenters. The van der Waals surface area contributed by atoms with E-state index >= 15 is 0 Å². The van der Waals surface area contributed by atoms with Gasteiger partial charge in [-0.05, 0) is 6.07 Å². The third-order valence-electron chi connectivity index (χ3n) is 1.40. The monoisotopic (exact) mass is 180 g/mol. The molecular formula is C7H5FN4O. The van der Waals surface area contributed by atoms with Crippen molar-refractivity contribution >= 4 is 6.01 Å². The van der Waals surface area contributed by atoms with Gasteiger partial charge in [-0.25, -0.2) is 4.39 Å². The number of hydrogen-bond acceptors (Lipinski definition) is 5. The van der Waals surface area contributed by atoms with Gasteiger partial charge in [0.25, 0.3) is 0 Å². The molecule has 0 spiro atoms. The average molecular weight is 180 g/mol. The first-order valence-electron chi connectivity index (χ1n) is 3.46. The number of nitrogens with zero attached hydrogens (tertiary/aromatic N) is 3. The van der Waals surface area contributed by atoms with Crippen LogP contribution in [0.5, 0.6) is 0 Å². The van der Waals surface area contributed by atoms with E-state index in [1.165, 1.54) is 12.3 Å². The average Bonchev–Trinajstić information content (AvgIpc) is 2.52. The van der Waals surface area contributed by atoms with E-state index in [2.05, 4.69) is 19.6 Å². The molecule has 0 radical (unpaired) electrons. The zero-order valence-electron chi connectivity index (χ0n) is 6.44. The molecule has 0 aliphatic rings. The Bertz CT molecular complexity index is 428. The molecule has 0 aliphatic heterocycles. The van der Waals surface area contributed by atoms with Crippen molar-refractivity contribution < 1.29 is 8.91 Å². The van der Waals surface area contributed by atoms with Gasteiger partial charge in [-0.2, -0.15) is 4.98 Å². The van der Waals surface area contributed by atoms with Gasteiger partial charge in [-0.15, -0.1) is 0 Å². The fraction of sp³-hybridized carbons (Fsp3) is 0. The van der Waals surface area contributed by atoms with Crippen molar-refractivity contribution in [3.8, 4) is 11.4 Å². The van der Waals surface area contributed by atoms with Gasteiger partial charge in [0.1, 0.15) is 5.82 Å². The molecule has 2 aromatic heterocycles. The van der Waals surface area contributed by atoms with Gasteiger partial charge in [0, 0.05) is 11.8 Å². The van der Waals surface area contributed by atoms with Crippen LogP contribution >= 0.6 is 0 Å². The topological polar surface area (TPSA) is 77.8 Å². The minimum Gasteiger partial charge on any atom is -0.351 e. The first-order valence-corrected chi connectivity index (χ1v) is 3.46. The highest BCUT2D eigenvalue weighted by atomic mass is 19.1. The summed E-state index contributed by atoms with van der Waals surface area (Å²) in [4.78, 5) is 7.35. The van der Waals surface area contributed by atoms with E-state index in [1.807, 2.05) is 0 Å². The molecule has 0 saturated carbocycles. The molecule has 0 fully saturated rings. The zero-order chi connectivity index (χ0) is 9.26. The molecule has 2 aromatic rings. The van der Waals surface area contributed by atoms with Gasteiger partial charge in [-0.3, -0.25) is 4.98 Å². The lowest BCUT2D eigenvalue weighted by Gasteiger charge is -1.91. The molecule has 13 heavy (non-hydrogen) atoms. The Kier molecular flexibility index (Phi) is 1.66. The van der Waals surface area contributed by atoms with Crippen LogP contribution < -0.4 is 5.73 Å². The number of nitrogens with two attached hydrogens (primary N) is 1. The number of halogens is 1. The van der Waals surface area contributed by atoms with Crippen molar-refractivity contribution in [2.75, 3.05) is 5.73 Å². The van der Waals surface area contributed by atoms with E-state index in [9.17, 15) is 4.39 Å². The molecule has 2 N–H and O–H groups in total. The zero-order valence-corrected chi connectivity index (χ0v) is 6.44. The molecule has 0 atom stereocenters. The van der Waals surface area contributed by atoms with Crippen molar-refractivity contribution in [2.24, 2.45) is 0 Å². The maximum atomic E-state index is 12.7. The standard InChI is InChI=1S/C7H5FN4O/c8-5-1-4(2-10-3-5)6-11-7(9)13-12-6/h1-3H,(H2,9,11,12). The first-order chi connectivity index (χ1) is 6.25. The summed E-state index contributed by atoms with van der Waals surface area (Å²) in [5.74, 6) is -0.231. The van der Waals surface area contributed by atoms with E-state index in [-0.39, 0.29) is 11.8 Å². The summed E-state index contributed by atoms with van der Waals surface area (Å²) in [6.07, 6.45) is 2.51. The highest BCUT2D eigenvalue weighted by Crippen LogP contribution is 2.15. The van der Waals surface area contributed by atoms with Gasteiger partial charge >= 0.3 is 6.01 Å². The molecule has 0 aromatic carbocycles. The summed E-state index contributed by atoms with van der Waals surface area (Å²) in [6.45, 7) is 0. The highest BCUT2D eigenvalue weighted by Gasteiger charge is 2.06. The van der Waals surface area contributed by atoms with Gasteiger partial charge in [-0.1, -0.05) is 5.16 Å². The fourth-order valence-electron chi connectivity index (χ4n) is 0.887. The number of pyridine rings is 1. The minimum absolute atomic E-state index is 0.0562. The van der Waals surface area contributed by atoms with Gasteiger partial charge in [0.2, 0.25) is 5.82 Å². The van der Waals surface area contributed by atoms with Crippen molar-refractivity contribution in [1.82, 2.24) is 15.1 Å². The molecule has 6 heteroatoms. The normalized spacial score (nSPS) is 10.2. The number of hydrogen-bond donors (Lipinski definition) is 1. The summed E-state index contributed by atoms with van der Waals surface area (Å²) in [5, 5.41) is 3.51. The summed E-state index contributed by atoms with van der Waals surface area (Å²) < 4.78 is 17.2. The minimum atomic E-state index is -0.458. The second kappa shape index (κ2) is 2.81. The van der Waals surface area contributed by atoms with E-state index < -0.39 is 5.82 Å². The van der Waals surface area contributed by atoms with Crippen LogP contribution in [0, 0.1) is 5.82 Å². The molecule has 5 nitrogen and oxygen atoms in total. The van der Waals surface area contributed by atoms with Crippen LogP contribution in [-0.2, 0) is 0 Å². The molecule has 0 amide bonds. The molecule has 0 bridgehead atoms. The fourth-order valence-corrected chi connectivity index (χ4v) is 0.887. The van der Waals surface area contributed by atoms with E-state index in [0.29, 0.717) is 5.56 Å². The van der Waals surface area contributed by atoms with Crippen LogP contribution in [0.2, 0.25) is 0 Å². The Morgan fingerprint density at radius 2 is 2.23 bits per heavy atom. The predicted molar refractivity (Wildman–Crippen MR) is 41.9 cm³/mol. The molecular weight excluding hydrogens is 175 g/mol. The summed E-state index contributed by atoms with van der Waals surface area (Å²) in [7, 11) is 0. The smallest absolute Gasteiger partial charge is 0.319 e. The van der Waals surface area contributed by atoms with E-state index in [4.69, 9.17) is 5.73 Å². The lowest BCUT2D eigenvalue weighted by molar-refractivity contribution is 0.437. The number of aromatic nitrogens is 3. The molecule has 66 valence electrons. The molecule has 0 aliphatic carbocycles. The maximum absolute atomic E-state index is 12.7. The quantitative estimate of drug-likeness (QED) is 0.703. The van der Waals surface area contributed by atoms with Crippen LogP contribution in [0.3, 0.4) is 0 Å². The lowest BCUT2D eigenvalue weighted by Crippen LogP contribution is -1.86. The number of anilines is 1. The number of rotatable bonds is 1. The summed E-state index contributed by atoms with van der Waals surface area (Å²) >= 11 is 0. The highest BCUT2D eigenvalue weighted by molar-refractivity contribution is 5.53. The van der Waals surface area contributed by atoms with Crippen LogP contribution in [0.15, 0.2) is 23.0 Å². The lowest BCUT2D eigenvalue weighted by atomic mass is 10.3. The van der Waals surface area contributed by atoms with Crippen LogP contribution in [0.4, 0.5) is 10.4 Å². The molecule has 2 rings (SSSR count). The molecule has 0 saturated heterocycles. The molecule has 2 heterocycles. The van der Waals surface area contributed by atoms with E-state index in [1.54, 1.807) is 0 Å². The van der Waals surface area contributed by atoms with Gasteiger partial charge in [0.15, 0.2) is 0 Å². The van der Waals surface area contributed by atoms with Crippen LogP contribution in [0.1, 0.15) is 0 Å². The van der Waals surface area contributed by atoms with Crippen LogP contribution in [-0.4, -0.2) is 15.1 Å². The number of nitrogen functional groups attached to an aromatic ring is 1. The second-order valence-corrected chi connectivity index (χ2v) is 2.35. The Morgan fingerprint density at radius 3 is 2.85 bits per heavy atom. The third kappa shape index (κ3) is 1.46. The Labute approximate surface area is 72.4 Å². The third-order valence-corrected chi connectivity index (χ3v) is 1.40. The Balaban J connectivity index is 2.46. The van der Waals surface area contributed by atoms with Crippen molar-refractivity contribution in [2.45, 2.75) is 0 Å². The van der Waals surface area contributed by atoms with Crippen molar-refractivity contribution in [3.63, 3.8) is 0 Å². The summed E-state index contributed by atoms with van der Waals surface area (Å²) in [5.41, 5.74) is 5.63. The largest absolute Gasteiger partial charge is 0.351 e. The maximum Gasteiger partial charge on any atom is 0.319 e. The van der Waals surface area contributed by atoms with Gasteiger partial charge in [0.05, 0.1) is 6.20 Å². The summed E-state index contributed by atoms with van der Waals surface area (Å²) in [6, 6.07) is 1.19. The Hall–Kier alpha value is -1.98.